The van der Waals surface area contributed by atoms with Crippen LogP contribution < -0.4 is 136 Å². The maximum absolute atomic E-state index is 15.0. The molecule has 0 spiro atoms. The molecule has 5 rings (SSSR count). The van der Waals surface area contributed by atoms with Gasteiger partial charge in [-0.1, -0.05) is 18.6 Å². The summed E-state index contributed by atoms with van der Waals surface area (Å²) in [6.45, 7) is 0.442. The monoisotopic (exact) mass is 1700 g/mol. The number of hydrogen-bond donors (Lipinski definition) is 35. The number of guanidine groups is 8. The topological polar surface area (TPSA) is 849 Å². The van der Waals surface area contributed by atoms with Crippen molar-refractivity contribution in [3.63, 3.8) is 0 Å². The van der Waals surface area contributed by atoms with Crippen LogP contribution in [0.15, 0.2) is 60.9 Å². The third kappa shape index (κ3) is 36.2. The number of aromatic nitrogens is 4. The Kier molecular flexibility index (Phi) is 42.2. The number of nitrogens with one attached hydrogen (secondary N) is 26. The van der Waals surface area contributed by atoms with Crippen LogP contribution in [0.25, 0.3) is 44.2 Å². The number of carbonyl (C=O) groups is 10. The number of nitrogens with two attached hydrogens (primary N) is 8. The number of aromatic amines is 1. The average molecular weight is 1700 g/mol. The van der Waals surface area contributed by atoms with Crippen LogP contribution in [0.3, 0.4) is 0 Å². The van der Waals surface area contributed by atoms with Crippen LogP contribution in [0.4, 0.5) is 0 Å². The van der Waals surface area contributed by atoms with Crippen LogP contribution in [-0.4, -0.2) is 239 Å². The number of benzene rings is 2. The molecule has 9 amide bonds. The Balaban J connectivity index is 1.35. The van der Waals surface area contributed by atoms with Gasteiger partial charge in [0.15, 0.2) is 47.7 Å². The van der Waals surface area contributed by atoms with Gasteiger partial charge in [0.2, 0.25) is 47.3 Å². The van der Waals surface area contributed by atoms with E-state index in [4.69, 9.17) is 94.1 Å². The largest absolute Gasteiger partial charge is 0.480 e. The Morgan fingerprint density at radius 1 is 0.328 bits per heavy atom. The fourth-order valence-corrected chi connectivity index (χ4v) is 12.7. The molecule has 0 saturated carbocycles. The fourth-order valence-electron chi connectivity index (χ4n) is 12.7. The van der Waals surface area contributed by atoms with E-state index < -0.39 is 137 Å². The lowest BCUT2D eigenvalue weighted by molar-refractivity contribution is -0.142. The minimum atomic E-state index is -1.59. The van der Waals surface area contributed by atoms with Crippen molar-refractivity contribution in [2.24, 2.45) is 45.9 Å². The van der Waals surface area contributed by atoms with E-state index in [1.54, 1.807) is 36.7 Å². The predicted molar refractivity (Wildman–Crippen MR) is 459 cm³/mol. The summed E-state index contributed by atoms with van der Waals surface area (Å²) in [6, 6.07) is 2.54. The number of imidazole rings is 1. The maximum Gasteiger partial charge on any atom is 0.326 e. The van der Waals surface area contributed by atoms with Crippen molar-refractivity contribution in [1.29, 1.82) is 43.3 Å². The van der Waals surface area contributed by atoms with Gasteiger partial charge in [-0.25, -0.2) is 9.78 Å². The van der Waals surface area contributed by atoms with E-state index in [0.29, 0.717) is 30.7 Å². The number of amides is 9. The summed E-state index contributed by atoms with van der Waals surface area (Å²) >= 11 is 0. The van der Waals surface area contributed by atoms with Crippen molar-refractivity contribution in [3.05, 3.63) is 66.5 Å². The highest BCUT2D eigenvalue weighted by atomic mass is 16.4. The number of carboxylic acid groups (broad SMARTS) is 1. The minimum absolute atomic E-state index is 0.00801. The molecule has 666 valence electrons. The van der Waals surface area contributed by atoms with Crippen LogP contribution >= 0.6 is 0 Å². The van der Waals surface area contributed by atoms with Crippen LogP contribution in [0.2, 0.25) is 0 Å². The number of aliphatic carboxylic acids is 1. The summed E-state index contributed by atoms with van der Waals surface area (Å²) in [7, 11) is 0. The lowest BCUT2D eigenvalue weighted by atomic mass is 10.0. The zero-order chi connectivity index (χ0) is 89.6. The van der Waals surface area contributed by atoms with Crippen molar-refractivity contribution < 1.29 is 53.1 Å². The Labute approximate surface area is 702 Å². The Hall–Kier alpha value is -14.4. The number of unbranched alkanes of at least 4 members (excludes halogenated alkanes) is 2. The summed E-state index contributed by atoms with van der Waals surface area (Å²) < 4.78 is 0. The first kappa shape index (κ1) is 98.2. The minimum Gasteiger partial charge on any atom is -0.480 e. The number of pyridine rings is 2. The lowest BCUT2D eigenvalue weighted by Gasteiger charge is -2.28. The summed E-state index contributed by atoms with van der Waals surface area (Å²) in [5.74, 6) is -11.6. The van der Waals surface area contributed by atoms with E-state index in [9.17, 15) is 53.1 Å². The van der Waals surface area contributed by atoms with Gasteiger partial charge >= 0.3 is 5.97 Å². The van der Waals surface area contributed by atoms with Gasteiger partial charge < -0.3 is 146 Å². The Morgan fingerprint density at radius 2 is 0.607 bits per heavy atom. The van der Waals surface area contributed by atoms with Gasteiger partial charge in [-0.05, 0) is 152 Å². The molecule has 48 nitrogen and oxygen atoms in total. The molecule has 122 heavy (non-hydrogen) atoms. The first-order valence-electron chi connectivity index (χ1n) is 39.9. The van der Waals surface area contributed by atoms with Crippen LogP contribution in [0, 0.1) is 43.3 Å². The first-order chi connectivity index (χ1) is 58.2. The molecule has 0 aliphatic rings. The van der Waals surface area contributed by atoms with Crippen molar-refractivity contribution in [2.75, 3.05) is 58.9 Å². The van der Waals surface area contributed by atoms with Gasteiger partial charge in [0, 0.05) is 99.6 Å². The van der Waals surface area contributed by atoms with E-state index in [2.05, 4.69) is 105 Å². The molecule has 0 unspecified atom stereocenters. The maximum atomic E-state index is 15.0. The van der Waals surface area contributed by atoms with E-state index in [0.717, 1.165) is 38.4 Å². The first-order valence-corrected chi connectivity index (χ1v) is 39.9. The van der Waals surface area contributed by atoms with Crippen molar-refractivity contribution in [1.82, 2.24) is 110 Å². The third-order valence-corrected chi connectivity index (χ3v) is 18.8. The number of hydrogen-bond acceptors (Lipinski definition) is 21. The summed E-state index contributed by atoms with van der Waals surface area (Å²) in [6.07, 6.45) is 3.83. The van der Waals surface area contributed by atoms with Crippen molar-refractivity contribution in [2.45, 2.75) is 177 Å². The Bertz CT molecular complexity index is 4380. The van der Waals surface area contributed by atoms with Crippen LogP contribution in [0.5, 0.6) is 0 Å². The fraction of sp³-hybridized carbons (Fsp3) is 0.500. The zero-order valence-electron chi connectivity index (χ0n) is 67.9. The zero-order valence-corrected chi connectivity index (χ0v) is 67.9. The number of fused-ring (bicyclic) bond motifs is 6. The summed E-state index contributed by atoms with van der Waals surface area (Å²) in [5, 5.41) is 118. The molecule has 43 N–H and O–H groups in total. The standard InChI is InChI=1S/C74H119N37O11/c75-67(76)94-32-6-16-44(102-52(112)24-2-1-3-29-93-58(113)41-27-25-40(26-28-41)57-110-55-42-14-4-30-91-53(42)54-43(56(55)111-57)15-5-31-92-54)59(114)103-45(17-7-33-95-68(77)78)60(115)104-46(18-8-34-96-69(79)80)61(116)105-47(19-9-35-97-70(81)82)62(117)106-48(20-10-36-98-71(83)84)63(118)107-49(21-11-37-99-72(85)86)64(119)108-50(22-12-38-100-73(87)88)65(120)109-51(66(121)122)23-13-39-101-74(89)90/h4-5,14-15,25-28,30-31,44-51H,1-3,6-13,16-24,29,32-39H2,(H,93,113)(H,102,112)(H,103,114)(H,104,115)(H,105,116)(H,106,117)(H,107,118)(H,108,119)(H,109,120)(H,110,111)(H,121,122)(H4,75,76,94)(H4,77,78,95)(H4,79,80,96)(H4,81,82,97)(H4,83,84,98)(H4,85,86,99)(H4,87,88,100)(H4,89,90,101)/t44-,45-,46-,47-,48-,49-,50-,51-/m0/s1. The van der Waals surface area contributed by atoms with Gasteiger partial charge in [-0.2, -0.15) is 0 Å². The Morgan fingerprint density at radius 3 is 0.918 bits per heavy atom. The second-order valence-electron chi connectivity index (χ2n) is 28.5. The molecule has 0 aliphatic carbocycles. The number of nitrogens with zero attached hydrogens (tertiary/aromatic N) is 3. The van der Waals surface area contributed by atoms with E-state index in [1.165, 1.54) is 0 Å². The van der Waals surface area contributed by atoms with Crippen LogP contribution in [0.1, 0.15) is 139 Å². The number of carboxylic acids is 1. The second kappa shape index (κ2) is 52.4. The third-order valence-electron chi connectivity index (χ3n) is 18.8. The molecule has 0 fully saturated rings. The van der Waals surface area contributed by atoms with Gasteiger partial charge in [-0.3, -0.25) is 96.4 Å². The SMILES string of the molecule is N=C(N)NCCC[C@H](NC(=O)[C@H](CCCNC(=N)N)NC(=O)[C@H](CCCNC(=N)N)NC(=O)[C@H](CCCNC(=N)N)NC(=O)[C@H](CCCNC(=N)N)NC(=O)[C@H](CCCNC(=N)N)NC(=O)[C@H](CCCNC(=N)N)NC(=O)[C@H](CCCNC(=N)N)NC(=O)CCCCCNC(=O)c1ccc(-c2nc3c4cccnc4c4ncccc4c3[nH]2)cc1)C(=O)O. The number of H-pyrrole nitrogens is 1. The molecule has 0 saturated heterocycles. The predicted octanol–water partition coefficient (Wildman–Crippen LogP) is -5.31. The number of rotatable bonds is 56. The summed E-state index contributed by atoms with van der Waals surface area (Å²) in [4.78, 5) is 160. The molecule has 3 heterocycles. The lowest BCUT2D eigenvalue weighted by Crippen LogP contribution is -2.60. The van der Waals surface area contributed by atoms with Gasteiger partial charge in [-0.15, -0.1) is 0 Å². The number of carbonyl (C=O) groups excluding carboxylic acids is 9. The molecular formula is C74H119N37O11. The van der Waals surface area contributed by atoms with Gasteiger partial charge in [0.05, 0.1) is 22.1 Å². The molecule has 0 radical (unpaired) electrons. The molecule has 0 aliphatic heterocycles. The van der Waals surface area contributed by atoms with Crippen molar-refractivity contribution in [3.8, 4) is 11.4 Å². The molecule has 3 aromatic heterocycles. The summed E-state index contributed by atoms with van der Waals surface area (Å²) in [5.41, 5.74) is 48.4. The molecule has 0 bridgehead atoms. The van der Waals surface area contributed by atoms with E-state index in [-0.39, 0.29) is 186 Å². The van der Waals surface area contributed by atoms with Gasteiger partial charge in [0.1, 0.15) is 54.2 Å². The molecule has 48 heteroatoms. The van der Waals surface area contributed by atoms with E-state index >= 15 is 0 Å². The quantitative estimate of drug-likeness (QED) is 0.00748. The van der Waals surface area contributed by atoms with Gasteiger partial charge in [0.25, 0.3) is 5.91 Å². The smallest absolute Gasteiger partial charge is 0.326 e. The van der Waals surface area contributed by atoms with Crippen molar-refractivity contribution >= 4 is 140 Å². The highest BCUT2D eigenvalue weighted by Gasteiger charge is 2.36. The average Bonchev–Trinajstić information content (AvgIpc) is 1.51. The van der Waals surface area contributed by atoms with Crippen LogP contribution in [-0.2, 0) is 43.2 Å². The van der Waals surface area contributed by atoms with E-state index in [1.807, 2.05) is 24.3 Å². The molecule has 2 aromatic carbocycles. The molecular weight excluding hydrogens is 1580 g/mol. The highest BCUT2D eigenvalue weighted by molar-refractivity contribution is 6.21. The second-order valence-corrected chi connectivity index (χ2v) is 28.5. The normalized spacial score (nSPS) is 12.9. The molecule has 5 aromatic rings. The molecule has 8 atom stereocenters. The highest BCUT2D eigenvalue weighted by Crippen LogP contribution is 2.33.